The zero-order valence-electron chi connectivity index (χ0n) is 11.5. The Morgan fingerprint density at radius 1 is 0.905 bits per heavy atom. The van der Waals surface area contributed by atoms with Crippen LogP contribution in [0.5, 0.6) is 0 Å². The van der Waals surface area contributed by atoms with Crippen molar-refractivity contribution in [2.45, 2.75) is 19.3 Å². The second kappa shape index (κ2) is 5.01. The molecule has 1 aromatic heterocycles. The standard InChI is InChI=1S/C17H14ClN3/c18-17-20-19-16(13-5-2-1-3-6-13)21(17)15-10-9-12-7-4-8-14(12)11-15/h1-3,5-6,9-11H,4,7-8H2. The van der Waals surface area contributed by atoms with Crippen molar-refractivity contribution in [1.82, 2.24) is 14.8 Å². The fraction of sp³-hybridized carbons (Fsp3) is 0.176. The molecular weight excluding hydrogens is 282 g/mol. The summed E-state index contributed by atoms with van der Waals surface area (Å²) in [5.74, 6) is 0.776. The molecule has 1 aliphatic rings. The Bertz CT molecular complexity index is 793. The van der Waals surface area contributed by atoms with E-state index >= 15 is 0 Å². The summed E-state index contributed by atoms with van der Waals surface area (Å²) in [6.45, 7) is 0. The van der Waals surface area contributed by atoms with E-state index in [-0.39, 0.29) is 0 Å². The third-order valence-corrected chi connectivity index (χ3v) is 4.24. The van der Waals surface area contributed by atoms with Gasteiger partial charge >= 0.3 is 0 Å². The van der Waals surface area contributed by atoms with Crippen LogP contribution in [0.2, 0.25) is 5.28 Å². The van der Waals surface area contributed by atoms with E-state index in [0.29, 0.717) is 5.28 Å². The minimum atomic E-state index is 0.395. The molecule has 0 unspecified atom stereocenters. The van der Waals surface area contributed by atoms with Gasteiger partial charge < -0.3 is 0 Å². The summed E-state index contributed by atoms with van der Waals surface area (Å²) >= 11 is 6.27. The molecule has 4 rings (SSSR count). The third kappa shape index (κ3) is 2.14. The predicted octanol–water partition coefficient (Wildman–Crippen LogP) is 4.08. The van der Waals surface area contributed by atoms with E-state index in [1.165, 1.54) is 24.0 Å². The molecule has 0 atom stereocenters. The van der Waals surface area contributed by atoms with Gasteiger partial charge in [0.05, 0.1) is 5.69 Å². The first-order chi connectivity index (χ1) is 10.3. The summed E-state index contributed by atoms with van der Waals surface area (Å²) in [5.41, 5.74) is 4.90. The minimum absolute atomic E-state index is 0.395. The van der Waals surface area contributed by atoms with E-state index in [1.807, 2.05) is 34.9 Å². The Hall–Kier alpha value is -2.13. The van der Waals surface area contributed by atoms with Crippen LogP contribution in [0.1, 0.15) is 17.5 Å². The summed E-state index contributed by atoms with van der Waals surface area (Å²) in [7, 11) is 0. The molecule has 0 aliphatic heterocycles. The van der Waals surface area contributed by atoms with E-state index in [4.69, 9.17) is 11.6 Å². The molecule has 0 amide bonds. The Labute approximate surface area is 128 Å². The lowest BCUT2D eigenvalue weighted by molar-refractivity contribution is 0.911. The average molecular weight is 296 g/mol. The molecule has 0 N–H and O–H groups in total. The maximum atomic E-state index is 6.27. The summed E-state index contributed by atoms with van der Waals surface area (Å²) in [6, 6.07) is 16.5. The van der Waals surface area contributed by atoms with E-state index in [9.17, 15) is 0 Å². The Kier molecular flexibility index (Phi) is 3.00. The van der Waals surface area contributed by atoms with Crippen LogP contribution in [-0.2, 0) is 12.8 Å². The lowest BCUT2D eigenvalue weighted by atomic mass is 10.1. The summed E-state index contributed by atoms with van der Waals surface area (Å²) in [6.07, 6.45) is 3.56. The third-order valence-electron chi connectivity index (χ3n) is 4.00. The predicted molar refractivity (Wildman–Crippen MR) is 83.8 cm³/mol. The van der Waals surface area contributed by atoms with Crippen molar-refractivity contribution in [2.24, 2.45) is 0 Å². The van der Waals surface area contributed by atoms with Gasteiger partial charge in [-0.1, -0.05) is 36.4 Å². The van der Waals surface area contributed by atoms with Gasteiger partial charge in [0.2, 0.25) is 5.28 Å². The van der Waals surface area contributed by atoms with Gasteiger partial charge in [0.15, 0.2) is 5.82 Å². The highest BCUT2D eigenvalue weighted by atomic mass is 35.5. The molecule has 104 valence electrons. The van der Waals surface area contributed by atoms with Gasteiger partial charge in [-0.3, -0.25) is 4.57 Å². The normalized spacial score (nSPS) is 13.4. The molecule has 0 saturated carbocycles. The Balaban J connectivity index is 1.87. The number of fused-ring (bicyclic) bond motifs is 1. The molecule has 21 heavy (non-hydrogen) atoms. The van der Waals surface area contributed by atoms with Crippen molar-refractivity contribution >= 4 is 11.6 Å². The van der Waals surface area contributed by atoms with Crippen LogP contribution in [0, 0.1) is 0 Å². The highest BCUT2D eigenvalue weighted by Gasteiger charge is 2.17. The van der Waals surface area contributed by atoms with E-state index in [1.54, 1.807) is 0 Å². The fourth-order valence-electron chi connectivity index (χ4n) is 2.97. The number of hydrogen-bond donors (Lipinski definition) is 0. The lowest BCUT2D eigenvalue weighted by Crippen LogP contribution is -1.99. The van der Waals surface area contributed by atoms with Crippen molar-refractivity contribution in [2.75, 3.05) is 0 Å². The minimum Gasteiger partial charge on any atom is -0.266 e. The number of nitrogens with zero attached hydrogens (tertiary/aromatic N) is 3. The van der Waals surface area contributed by atoms with Gasteiger partial charge in [-0.05, 0) is 54.1 Å². The molecule has 1 aliphatic carbocycles. The number of aryl methyl sites for hydroxylation is 2. The maximum Gasteiger partial charge on any atom is 0.229 e. The first kappa shape index (κ1) is 12.6. The number of halogens is 1. The number of aromatic nitrogens is 3. The van der Waals surface area contributed by atoms with Crippen LogP contribution in [0.4, 0.5) is 0 Å². The van der Waals surface area contributed by atoms with Crippen molar-refractivity contribution in [3.63, 3.8) is 0 Å². The van der Waals surface area contributed by atoms with Gasteiger partial charge in [0.25, 0.3) is 0 Å². The number of benzene rings is 2. The van der Waals surface area contributed by atoms with Crippen LogP contribution >= 0.6 is 11.6 Å². The molecular formula is C17H14ClN3. The highest BCUT2D eigenvalue weighted by Crippen LogP contribution is 2.29. The highest BCUT2D eigenvalue weighted by molar-refractivity contribution is 6.28. The topological polar surface area (TPSA) is 30.7 Å². The summed E-state index contributed by atoms with van der Waals surface area (Å²) in [5, 5.41) is 8.67. The molecule has 3 nitrogen and oxygen atoms in total. The molecule has 1 heterocycles. The van der Waals surface area contributed by atoms with Crippen molar-refractivity contribution in [3.8, 4) is 17.1 Å². The monoisotopic (exact) mass is 295 g/mol. The summed E-state index contributed by atoms with van der Waals surface area (Å²) in [4.78, 5) is 0. The second-order valence-corrected chi connectivity index (χ2v) is 5.64. The van der Waals surface area contributed by atoms with Crippen molar-refractivity contribution in [1.29, 1.82) is 0 Å². The van der Waals surface area contributed by atoms with Crippen molar-refractivity contribution in [3.05, 3.63) is 64.9 Å². The van der Waals surface area contributed by atoms with Gasteiger partial charge in [-0.2, -0.15) is 0 Å². The van der Waals surface area contributed by atoms with Gasteiger partial charge in [0, 0.05) is 5.56 Å². The first-order valence-electron chi connectivity index (χ1n) is 7.11. The maximum absolute atomic E-state index is 6.27. The zero-order chi connectivity index (χ0) is 14.2. The number of rotatable bonds is 2. The summed E-state index contributed by atoms with van der Waals surface area (Å²) < 4.78 is 1.91. The van der Waals surface area contributed by atoms with E-state index < -0.39 is 0 Å². The van der Waals surface area contributed by atoms with Gasteiger partial charge in [0.1, 0.15) is 0 Å². The van der Waals surface area contributed by atoms with Crippen LogP contribution in [0.25, 0.3) is 17.1 Å². The largest absolute Gasteiger partial charge is 0.266 e. The molecule has 4 heteroatoms. The van der Waals surface area contributed by atoms with Gasteiger partial charge in [-0.25, -0.2) is 0 Å². The van der Waals surface area contributed by atoms with Crippen LogP contribution in [0.15, 0.2) is 48.5 Å². The molecule has 0 fully saturated rings. The second-order valence-electron chi connectivity index (χ2n) is 5.30. The molecule has 0 saturated heterocycles. The Morgan fingerprint density at radius 2 is 1.71 bits per heavy atom. The average Bonchev–Trinajstić information content (AvgIpc) is 3.13. The zero-order valence-corrected chi connectivity index (χ0v) is 12.2. The molecule has 0 spiro atoms. The first-order valence-corrected chi connectivity index (χ1v) is 7.49. The van der Waals surface area contributed by atoms with E-state index in [0.717, 1.165) is 23.5 Å². The molecule has 0 bridgehead atoms. The van der Waals surface area contributed by atoms with E-state index in [2.05, 4.69) is 28.4 Å². The van der Waals surface area contributed by atoms with Crippen LogP contribution in [-0.4, -0.2) is 14.8 Å². The molecule has 0 radical (unpaired) electrons. The Morgan fingerprint density at radius 3 is 2.57 bits per heavy atom. The molecule has 2 aromatic carbocycles. The van der Waals surface area contributed by atoms with Crippen LogP contribution in [0.3, 0.4) is 0 Å². The lowest BCUT2D eigenvalue weighted by Gasteiger charge is -2.10. The number of hydrogen-bond acceptors (Lipinski definition) is 2. The van der Waals surface area contributed by atoms with Gasteiger partial charge in [-0.15, -0.1) is 10.2 Å². The smallest absolute Gasteiger partial charge is 0.229 e. The van der Waals surface area contributed by atoms with Crippen molar-refractivity contribution < 1.29 is 0 Å². The quantitative estimate of drug-likeness (QED) is 0.713. The fourth-order valence-corrected chi connectivity index (χ4v) is 3.18. The molecule has 3 aromatic rings. The SMILES string of the molecule is Clc1nnc(-c2ccccc2)n1-c1ccc2c(c1)CCC2. The van der Waals surface area contributed by atoms with Crippen LogP contribution < -0.4 is 0 Å².